The van der Waals surface area contributed by atoms with E-state index >= 15 is 0 Å². The normalized spacial score (nSPS) is 28.2. The van der Waals surface area contributed by atoms with Gasteiger partial charge in [0.2, 0.25) is 0 Å². The Morgan fingerprint density at radius 1 is 1.50 bits per heavy atom. The lowest BCUT2D eigenvalue weighted by molar-refractivity contribution is -0.0634. The summed E-state index contributed by atoms with van der Waals surface area (Å²) >= 11 is 0. The van der Waals surface area contributed by atoms with Crippen LogP contribution in [0.15, 0.2) is 24.3 Å². The van der Waals surface area contributed by atoms with Gasteiger partial charge in [0.15, 0.2) is 0 Å². The summed E-state index contributed by atoms with van der Waals surface area (Å²) in [6.07, 6.45) is 3.70. The molecule has 0 spiro atoms. The van der Waals surface area contributed by atoms with Crippen molar-refractivity contribution in [1.82, 2.24) is 10.2 Å². The first kappa shape index (κ1) is 13.9. The summed E-state index contributed by atoms with van der Waals surface area (Å²) in [5.41, 5.74) is 1.15. The highest BCUT2D eigenvalue weighted by atomic mass is 16.5. The molecule has 2 saturated heterocycles. The van der Waals surface area contributed by atoms with E-state index in [4.69, 9.17) is 4.74 Å². The van der Waals surface area contributed by atoms with E-state index in [0.717, 1.165) is 25.1 Å². The summed E-state index contributed by atoms with van der Waals surface area (Å²) in [6.45, 7) is 3.10. The smallest absolute Gasteiger partial charge is 0.115 e. The van der Waals surface area contributed by atoms with Crippen molar-refractivity contribution in [1.29, 1.82) is 0 Å². The average Bonchev–Trinajstić information content (AvgIpc) is 2.92. The molecule has 2 fully saturated rings. The van der Waals surface area contributed by atoms with Gasteiger partial charge < -0.3 is 15.2 Å². The van der Waals surface area contributed by atoms with Gasteiger partial charge in [-0.05, 0) is 50.6 Å². The number of benzene rings is 1. The number of hydrogen-bond donors (Lipinski definition) is 2. The number of ether oxygens (including phenoxy) is 1. The monoisotopic (exact) mass is 276 g/mol. The largest absolute Gasteiger partial charge is 0.508 e. The fourth-order valence-electron chi connectivity index (χ4n) is 3.44. The minimum Gasteiger partial charge on any atom is -0.508 e. The molecule has 0 aromatic heterocycles. The van der Waals surface area contributed by atoms with Gasteiger partial charge in [-0.3, -0.25) is 4.90 Å². The Morgan fingerprint density at radius 2 is 2.40 bits per heavy atom. The van der Waals surface area contributed by atoms with Gasteiger partial charge in [-0.1, -0.05) is 12.1 Å². The van der Waals surface area contributed by atoms with Crippen molar-refractivity contribution < 1.29 is 9.84 Å². The van der Waals surface area contributed by atoms with Crippen LogP contribution >= 0.6 is 0 Å². The summed E-state index contributed by atoms with van der Waals surface area (Å²) in [6, 6.07) is 8.44. The lowest BCUT2D eigenvalue weighted by Crippen LogP contribution is -2.54. The fraction of sp³-hybridized carbons (Fsp3) is 0.625. The Bertz CT molecular complexity index is 452. The maximum atomic E-state index is 9.57. The van der Waals surface area contributed by atoms with Crippen LogP contribution in [0.1, 0.15) is 18.4 Å². The van der Waals surface area contributed by atoms with Crippen LogP contribution in [-0.2, 0) is 11.2 Å². The number of nitrogens with zero attached hydrogens (tertiary/aromatic N) is 1. The molecule has 2 heterocycles. The molecular weight excluding hydrogens is 252 g/mol. The fourth-order valence-corrected chi connectivity index (χ4v) is 3.44. The SMILES string of the molecule is CNC(Cc1cccc(O)c1)C1CN2CCCC2CO1. The predicted octanol–water partition coefficient (Wildman–Crippen LogP) is 1.39. The number of hydrogen-bond acceptors (Lipinski definition) is 4. The van der Waals surface area contributed by atoms with Crippen LogP contribution < -0.4 is 5.32 Å². The quantitative estimate of drug-likeness (QED) is 0.872. The van der Waals surface area contributed by atoms with Crippen LogP contribution in [0.4, 0.5) is 0 Å². The van der Waals surface area contributed by atoms with Gasteiger partial charge in [0.25, 0.3) is 0 Å². The van der Waals surface area contributed by atoms with Gasteiger partial charge in [0, 0.05) is 18.6 Å². The second-order valence-electron chi connectivity index (χ2n) is 5.93. The molecule has 3 unspecified atom stereocenters. The third-order valence-corrected chi connectivity index (χ3v) is 4.60. The highest BCUT2D eigenvalue weighted by Crippen LogP contribution is 2.25. The maximum absolute atomic E-state index is 9.57. The van der Waals surface area contributed by atoms with Crippen molar-refractivity contribution in [2.45, 2.75) is 37.5 Å². The molecule has 4 nitrogen and oxygen atoms in total. The highest BCUT2D eigenvalue weighted by molar-refractivity contribution is 5.27. The molecule has 1 aromatic carbocycles. The Morgan fingerprint density at radius 3 is 3.20 bits per heavy atom. The molecule has 0 aliphatic carbocycles. The zero-order valence-electron chi connectivity index (χ0n) is 12.1. The molecule has 0 bridgehead atoms. The van der Waals surface area contributed by atoms with Crippen LogP contribution in [0, 0.1) is 0 Å². The van der Waals surface area contributed by atoms with Crippen LogP contribution in [-0.4, -0.2) is 54.9 Å². The molecule has 3 atom stereocenters. The molecule has 2 aliphatic rings. The number of aromatic hydroxyl groups is 1. The van der Waals surface area contributed by atoms with Crippen LogP contribution in [0.25, 0.3) is 0 Å². The third-order valence-electron chi connectivity index (χ3n) is 4.60. The number of phenols is 1. The average molecular weight is 276 g/mol. The number of morpholine rings is 1. The topological polar surface area (TPSA) is 44.7 Å². The Labute approximate surface area is 120 Å². The standard InChI is InChI=1S/C16H24N2O2/c1-17-15(9-12-4-2-6-14(19)8-12)16-10-18-7-3-5-13(18)11-20-16/h2,4,6,8,13,15-17,19H,3,5,7,9-11H2,1H3. The van der Waals surface area contributed by atoms with Crippen molar-refractivity contribution in [3.63, 3.8) is 0 Å². The molecular formula is C16H24N2O2. The Kier molecular flexibility index (Phi) is 4.24. The molecule has 2 aliphatic heterocycles. The summed E-state index contributed by atoms with van der Waals surface area (Å²) < 4.78 is 6.08. The highest BCUT2D eigenvalue weighted by Gasteiger charge is 2.35. The number of phenolic OH excluding ortho intramolecular Hbond substituents is 1. The minimum absolute atomic E-state index is 0.233. The van der Waals surface area contributed by atoms with Gasteiger partial charge >= 0.3 is 0 Å². The van der Waals surface area contributed by atoms with E-state index in [1.165, 1.54) is 19.4 Å². The molecule has 0 amide bonds. The van der Waals surface area contributed by atoms with E-state index in [0.29, 0.717) is 17.8 Å². The number of nitrogens with one attached hydrogen (secondary N) is 1. The van der Waals surface area contributed by atoms with Crippen molar-refractivity contribution in [3.05, 3.63) is 29.8 Å². The second kappa shape index (κ2) is 6.12. The van der Waals surface area contributed by atoms with Gasteiger partial charge in [-0.15, -0.1) is 0 Å². The van der Waals surface area contributed by atoms with Crippen molar-refractivity contribution >= 4 is 0 Å². The van der Waals surface area contributed by atoms with Crippen LogP contribution in [0.2, 0.25) is 0 Å². The summed E-state index contributed by atoms with van der Waals surface area (Å²) in [4.78, 5) is 2.57. The van der Waals surface area contributed by atoms with E-state index in [1.54, 1.807) is 6.07 Å². The molecule has 1 aromatic rings. The molecule has 20 heavy (non-hydrogen) atoms. The van der Waals surface area contributed by atoms with E-state index < -0.39 is 0 Å². The molecule has 0 radical (unpaired) electrons. The molecule has 110 valence electrons. The van der Waals surface area contributed by atoms with Gasteiger partial charge in [0.1, 0.15) is 5.75 Å². The summed E-state index contributed by atoms with van der Waals surface area (Å²) in [7, 11) is 1.99. The molecule has 3 rings (SSSR count). The number of fused-ring (bicyclic) bond motifs is 1. The van der Waals surface area contributed by atoms with Crippen molar-refractivity contribution in [2.24, 2.45) is 0 Å². The summed E-state index contributed by atoms with van der Waals surface area (Å²) in [5, 5.41) is 13.0. The van der Waals surface area contributed by atoms with Crippen molar-refractivity contribution in [3.8, 4) is 5.75 Å². The van der Waals surface area contributed by atoms with Gasteiger partial charge in [0.05, 0.1) is 12.7 Å². The second-order valence-corrected chi connectivity index (χ2v) is 5.93. The van der Waals surface area contributed by atoms with E-state index in [2.05, 4.69) is 16.3 Å². The first-order valence-corrected chi connectivity index (χ1v) is 7.57. The van der Waals surface area contributed by atoms with Gasteiger partial charge in [-0.25, -0.2) is 0 Å². The minimum atomic E-state index is 0.233. The van der Waals surface area contributed by atoms with Gasteiger partial charge in [-0.2, -0.15) is 0 Å². The lowest BCUT2D eigenvalue weighted by Gasteiger charge is -2.38. The summed E-state index contributed by atoms with van der Waals surface area (Å²) in [5.74, 6) is 0.335. The molecule has 4 heteroatoms. The van der Waals surface area contributed by atoms with E-state index in [9.17, 15) is 5.11 Å². The Balaban J connectivity index is 1.64. The maximum Gasteiger partial charge on any atom is 0.115 e. The third kappa shape index (κ3) is 2.97. The van der Waals surface area contributed by atoms with E-state index in [-0.39, 0.29) is 6.10 Å². The van der Waals surface area contributed by atoms with Crippen molar-refractivity contribution in [2.75, 3.05) is 26.7 Å². The van der Waals surface area contributed by atoms with E-state index in [1.807, 2.05) is 19.2 Å². The zero-order chi connectivity index (χ0) is 13.9. The lowest BCUT2D eigenvalue weighted by atomic mass is 9.99. The van der Waals surface area contributed by atoms with Crippen LogP contribution in [0.5, 0.6) is 5.75 Å². The van der Waals surface area contributed by atoms with Crippen LogP contribution in [0.3, 0.4) is 0 Å². The molecule has 2 N–H and O–H groups in total. The first-order chi connectivity index (χ1) is 9.76. The first-order valence-electron chi connectivity index (χ1n) is 7.57. The number of likely N-dealkylation sites (N-methyl/N-ethyl adjacent to an activating group) is 1. The predicted molar refractivity (Wildman–Crippen MR) is 79.0 cm³/mol. The zero-order valence-corrected chi connectivity index (χ0v) is 12.1. The molecule has 0 saturated carbocycles. The number of rotatable bonds is 4. The Hall–Kier alpha value is -1.10.